The molecule has 0 radical (unpaired) electrons. The van der Waals surface area contributed by atoms with Crippen molar-refractivity contribution >= 4 is 34.7 Å². The zero-order valence-electron chi connectivity index (χ0n) is 27.7. The van der Waals surface area contributed by atoms with Gasteiger partial charge in [-0.15, -0.1) is 5.10 Å². The first kappa shape index (κ1) is 33.6. The number of aromatic nitrogens is 3. The SMILES string of the molecule is COC[C@@H]1NC(=O)CC/C=C\[C@@H]2O[C@@]34C=CCN(Cn5nnc6ccccc65)C(=O)[C@@H]3N(CCCO)C(=O)[C@H]4[C@@H]2C(=O)O[C@H]1c1ccccc1. The first-order valence-corrected chi connectivity index (χ1v) is 16.9. The molecular formula is C36H40N6O8. The van der Waals surface area contributed by atoms with Gasteiger partial charge in [-0.1, -0.05) is 72.0 Å². The number of amides is 3. The van der Waals surface area contributed by atoms with Crippen molar-refractivity contribution in [3.8, 4) is 0 Å². The highest BCUT2D eigenvalue weighted by Crippen LogP contribution is 2.53. The standard InChI is InChI=1S/C36H40N6O8/c1-48-21-25-31(23-11-3-2-4-12-23)49-35(47)29-27(15-7-8-16-28(44)37-25)50-36-17-9-18-40(22-42-26-14-6-5-13-24(26)38-39-42)34(46)32(36)41(19-10-20-43)33(45)30(29)36/h2-7,9,11-15,17,25,27,29-32,43H,8,10,16,18-22H2,1H3,(H,37,44)/b15-7-/t25-,27-,29+,30+,31-,32-,36+/m0/s1. The number of nitrogens with zero attached hydrogens (tertiary/aromatic N) is 5. The van der Waals surface area contributed by atoms with Gasteiger partial charge in [-0.2, -0.15) is 0 Å². The smallest absolute Gasteiger partial charge is 0.313 e. The summed E-state index contributed by atoms with van der Waals surface area (Å²) in [6, 6.07) is 14.6. The van der Waals surface area contributed by atoms with Crippen molar-refractivity contribution in [3.05, 3.63) is 84.5 Å². The maximum Gasteiger partial charge on any atom is 0.313 e. The molecule has 4 aliphatic heterocycles. The Bertz CT molecular complexity index is 1810. The van der Waals surface area contributed by atoms with E-state index in [2.05, 4.69) is 15.6 Å². The van der Waals surface area contributed by atoms with Crippen LogP contribution in [0, 0.1) is 11.8 Å². The highest BCUT2D eigenvalue weighted by molar-refractivity contribution is 5.99. The van der Waals surface area contributed by atoms with Crippen LogP contribution >= 0.6 is 0 Å². The van der Waals surface area contributed by atoms with E-state index in [9.17, 15) is 24.3 Å². The van der Waals surface area contributed by atoms with Crippen LogP contribution in [-0.4, -0.2) is 111 Å². The molecule has 2 aromatic carbocycles. The minimum absolute atomic E-state index is 0.0659. The Morgan fingerprint density at radius 2 is 1.84 bits per heavy atom. The van der Waals surface area contributed by atoms with Gasteiger partial charge in [0.05, 0.1) is 30.2 Å². The molecule has 1 spiro atoms. The summed E-state index contributed by atoms with van der Waals surface area (Å²) < 4.78 is 20.1. The number of hydrogen-bond donors (Lipinski definition) is 2. The lowest BCUT2D eigenvalue weighted by atomic mass is 9.77. The van der Waals surface area contributed by atoms with Crippen molar-refractivity contribution in [2.75, 3.05) is 33.4 Å². The number of cyclic esters (lactones) is 1. The van der Waals surface area contributed by atoms with Crippen LogP contribution in [0.25, 0.3) is 11.0 Å². The number of aliphatic hydroxyl groups is 1. The topological polar surface area (TPSA) is 165 Å². The molecule has 0 unspecified atom stereocenters. The van der Waals surface area contributed by atoms with Gasteiger partial charge in [0.25, 0.3) is 5.91 Å². The number of nitrogens with one attached hydrogen (secondary N) is 1. The number of carbonyl (C=O) groups is 4. The van der Waals surface area contributed by atoms with Gasteiger partial charge in [0.15, 0.2) is 0 Å². The van der Waals surface area contributed by atoms with Crippen molar-refractivity contribution in [1.82, 2.24) is 30.1 Å². The molecule has 14 nitrogen and oxygen atoms in total. The van der Waals surface area contributed by atoms with Crippen LogP contribution in [0.1, 0.15) is 30.9 Å². The summed E-state index contributed by atoms with van der Waals surface area (Å²) in [5.41, 5.74) is 0.558. The molecule has 3 aromatic rings. The number of likely N-dealkylation sites (tertiary alicyclic amines) is 1. The molecule has 5 heterocycles. The van der Waals surface area contributed by atoms with E-state index in [4.69, 9.17) is 14.2 Å². The first-order valence-electron chi connectivity index (χ1n) is 16.9. The monoisotopic (exact) mass is 684 g/mol. The molecule has 0 bridgehead atoms. The molecule has 3 amide bonds. The van der Waals surface area contributed by atoms with Gasteiger partial charge in [0, 0.05) is 33.2 Å². The molecule has 2 saturated heterocycles. The van der Waals surface area contributed by atoms with Gasteiger partial charge in [0.1, 0.15) is 35.9 Å². The number of esters is 1. The Labute approximate surface area is 288 Å². The minimum atomic E-state index is -1.51. The molecule has 2 N–H and O–H groups in total. The number of benzene rings is 2. The van der Waals surface area contributed by atoms with Crippen LogP contribution in [0.4, 0.5) is 0 Å². The second kappa shape index (κ2) is 14.1. The van der Waals surface area contributed by atoms with Crippen LogP contribution < -0.4 is 5.32 Å². The van der Waals surface area contributed by atoms with Crippen LogP contribution in [0.3, 0.4) is 0 Å². The lowest BCUT2D eigenvalue weighted by molar-refractivity contribution is -0.162. The van der Waals surface area contributed by atoms with Gasteiger partial charge < -0.3 is 34.4 Å². The summed E-state index contributed by atoms with van der Waals surface area (Å²) in [6.07, 6.45) is 5.87. The molecule has 50 heavy (non-hydrogen) atoms. The average Bonchev–Trinajstić information content (AvgIpc) is 3.71. The molecule has 0 saturated carbocycles. The first-order chi connectivity index (χ1) is 24.4. The van der Waals surface area contributed by atoms with Crippen molar-refractivity contribution < 1.29 is 38.5 Å². The van der Waals surface area contributed by atoms with E-state index >= 15 is 0 Å². The van der Waals surface area contributed by atoms with Crippen LogP contribution in [0.5, 0.6) is 0 Å². The highest BCUT2D eigenvalue weighted by Gasteiger charge is 2.71. The summed E-state index contributed by atoms with van der Waals surface area (Å²) in [5.74, 6) is -3.96. The summed E-state index contributed by atoms with van der Waals surface area (Å²) >= 11 is 0. The van der Waals surface area contributed by atoms with Crippen molar-refractivity contribution in [1.29, 1.82) is 0 Å². The number of carbonyl (C=O) groups excluding carboxylic acids is 4. The molecule has 262 valence electrons. The molecule has 0 aliphatic carbocycles. The van der Waals surface area contributed by atoms with E-state index in [0.29, 0.717) is 17.5 Å². The summed E-state index contributed by atoms with van der Waals surface area (Å²) in [4.78, 5) is 59.8. The Hall–Kier alpha value is -4.92. The molecule has 14 heteroatoms. The number of allylic oxidation sites excluding steroid dienone is 1. The fraction of sp³-hybridized carbons (Fsp3) is 0.444. The zero-order valence-corrected chi connectivity index (χ0v) is 27.7. The maximum atomic E-state index is 14.7. The third kappa shape index (κ3) is 5.97. The molecule has 7 atom stereocenters. The fourth-order valence-corrected chi connectivity index (χ4v) is 7.73. The van der Waals surface area contributed by atoms with Crippen LogP contribution in [0.2, 0.25) is 0 Å². The second-order valence-electron chi connectivity index (χ2n) is 13.0. The van der Waals surface area contributed by atoms with E-state index in [1.54, 1.807) is 46.0 Å². The summed E-state index contributed by atoms with van der Waals surface area (Å²) in [7, 11) is 1.50. The molecule has 7 rings (SSSR count). The van der Waals surface area contributed by atoms with E-state index in [-0.39, 0.29) is 57.6 Å². The predicted octanol–water partition coefficient (Wildman–Crippen LogP) is 1.52. The third-order valence-corrected chi connectivity index (χ3v) is 9.92. The molecular weight excluding hydrogens is 644 g/mol. The zero-order chi connectivity index (χ0) is 34.8. The number of aliphatic hydroxyl groups excluding tert-OH is 1. The molecule has 1 aromatic heterocycles. The van der Waals surface area contributed by atoms with Gasteiger partial charge in [-0.25, -0.2) is 4.68 Å². The molecule has 2 fully saturated rings. The average molecular weight is 685 g/mol. The van der Waals surface area contributed by atoms with Gasteiger partial charge in [-0.3, -0.25) is 19.2 Å². The van der Waals surface area contributed by atoms with Gasteiger partial charge >= 0.3 is 5.97 Å². The third-order valence-electron chi connectivity index (χ3n) is 9.92. The normalized spacial score (nSPS) is 30.5. The summed E-state index contributed by atoms with van der Waals surface area (Å²) in [5, 5.41) is 21.2. The van der Waals surface area contributed by atoms with Gasteiger partial charge in [0.2, 0.25) is 11.8 Å². The number of fused-ring (bicyclic) bond motifs is 3. The van der Waals surface area contributed by atoms with E-state index in [1.807, 2.05) is 42.5 Å². The number of methoxy groups -OCH3 is 1. The van der Waals surface area contributed by atoms with Crippen LogP contribution in [-0.2, 0) is 40.1 Å². The Morgan fingerprint density at radius 3 is 2.64 bits per heavy atom. The quantitative estimate of drug-likeness (QED) is 0.263. The van der Waals surface area contributed by atoms with Crippen molar-refractivity contribution in [2.45, 2.75) is 55.8 Å². The predicted molar refractivity (Wildman–Crippen MR) is 178 cm³/mol. The fourth-order valence-electron chi connectivity index (χ4n) is 7.73. The van der Waals surface area contributed by atoms with E-state index < -0.39 is 53.6 Å². The highest BCUT2D eigenvalue weighted by atomic mass is 16.6. The molecule has 4 aliphatic rings. The Balaban J connectivity index is 1.28. The number of rotatable bonds is 8. The lowest BCUT2D eigenvalue weighted by Gasteiger charge is -2.35. The minimum Gasteiger partial charge on any atom is -0.455 e. The largest absolute Gasteiger partial charge is 0.455 e. The van der Waals surface area contributed by atoms with Crippen molar-refractivity contribution in [3.63, 3.8) is 0 Å². The van der Waals surface area contributed by atoms with E-state index in [0.717, 1.165) is 5.52 Å². The number of ether oxygens (including phenoxy) is 3. The Kier molecular flexibility index (Phi) is 9.49. The maximum absolute atomic E-state index is 14.7. The van der Waals surface area contributed by atoms with Crippen molar-refractivity contribution in [2.24, 2.45) is 11.8 Å². The second-order valence-corrected chi connectivity index (χ2v) is 13.0. The summed E-state index contributed by atoms with van der Waals surface area (Å²) in [6.45, 7) is 0.213. The lowest BCUT2D eigenvalue weighted by Crippen LogP contribution is -2.55. The number of hydrogen-bond acceptors (Lipinski definition) is 10. The Morgan fingerprint density at radius 1 is 1.04 bits per heavy atom. The van der Waals surface area contributed by atoms with Crippen LogP contribution in [0.15, 0.2) is 78.9 Å². The number of para-hydroxylation sites is 1. The van der Waals surface area contributed by atoms with Gasteiger partial charge in [-0.05, 0) is 30.5 Å². The van der Waals surface area contributed by atoms with E-state index in [1.165, 1.54) is 12.0 Å².